The van der Waals surface area contributed by atoms with Crippen molar-refractivity contribution in [3.05, 3.63) is 59.2 Å². The van der Waals surface area contributed by atoms with Crippen molar-refractivity contribution in [2.45, 2.75) is 13.5 Å². The van der Waals surface area contributed by atoms with Gasteiger partial charge < -0.3 is 15.8 Å². The van der Waals surface area contributed by atoms with Crippen molar-refractivity contribution in [3.63, 3.8) is 0 Å². The van der Waals surface area contributed by atoms with Crippen LogP contribution in [-0.4, -0.2) is 13.0 Å². The smallest absolute Gasteiger partial charge is 0.255 e. The SMILES string of the molecule is COCc1cc(C(=O)Nc2ccccc2C)ccc1N. The van der Waals surface area contributed by atoms with Crippen LogP contribution in [0.4, 0.5) is 11.4 Å². The van der Waals surface area contributed by atoms with Crippen molar-refractivity contribution in [2.75, 3.05) is 18.2 Å². The van der Waals surface area contributed by atoms with Crippen LogP contribution in [-0.2, 0) is 11.3 Å². The number of methoxy groups -OCH3 is 1. The first-order chi connectivity index (χ1) is 9.61. The zero-order chi connectivity index (χ0) is 14.5. The van der Waals surface area contributed by atoms with Crippen LogP contribution in [0.25, 0.3) is 0 Å². The standard InChI is InChI=1S/C16H18N2O2/c1-11-5-3-4-6-15(11)18-16(19)12-7-8-14(17)13(9-12)10-20-2/h3-9H,10,17H2,1-2H3,(H,18,19). The second-order valence-electron chi connectivity index (χ2n) is 4.62. The van der Waals surface area contributed by atoms with Gasteiger partial charge in [-0.25, -0.2) is 0 Å². The van der Waals surface area contributed by atoms with E-state index in [2.05, 4.69) is 5.32 Å². The molecule has 0 fully saturated rings. The van der Waals surface area contributed by atoms with Gasteiger partial charge in [-0.15, -0.1) is 0 Å². The summed E-state index contributed by atoms with van der Waals surface area (Å²) in [6.07, 6.45) is 0. The van der Waals surface area contributed by atoms with Crippen molar-refractivity contribution < 1.29 is 9.53 Å². The Bertz CT molecular complexity index is 624. The number of anilines is 2. The summed E-state index contributed by atoms with van der Waals surface area (Å²) in [4.78, 5) is 12.2. The minimum atomic E-state index is -0.156. The number of hydrogen-bond donors (Lipinski definition) is 2. The van der Waals surface area contributed by atoms with Crippen molar-refractivity contribution >= 4 is 17.3 Å². The fraction of sp³-hybridized carbons (Fsp3) is 0.188. The van der Waals surface area contributed by atoms with Gasteiger partial charge in [-0.1, -0.05) is 18.2 Å². The van der Waals surface area contributed by atoms with E-state index in [-0.39, 0.29) is 5.91 Å². The number of aryl methyl sites for hydroxylation is 1. The summed E-state index contributed by atoms with van der Waals surface area (Å²) in [7, 11) is 1.60. The number of hydrogen-bond acceptors (Lipinski definition) is 3. The van der Waals surface area contributed by atoms with Gasteiger partial charge >= 0.3 is 0 Å². The highest BCUT2D eigenvalue weighted by atomic mass is 16.5. The van der Waals surface area contributed by atoms with E-state index in [1.165, 1.54) is 0 Å². The van der Waals surface area contributed by atoms with Gasteiger partial charge in [0.2, 0.25) is 0 Å². The van der Waals surface area contributed by atoms with E-state index in [9.17, 15) is 4.79 Å². The van der Waals surface area contributed by atoms with Gasteiger partial charge in [-0.2, -0.15) is 0 Å². The van der Waals surface area contributed by atoms with Crippen molar-refractivity contribution in [1.29, 1.82) is 0 Å². The Morgan fingerprint density at radius 3 is 2.70 bits per heavy atom. The molecule has 0 unspecified atom stereocenters. The molecule has 104 valence electrons. The van der Waals surface area contributed by atoms with Crippen molar-refractivity contribution in [2.24, 2.45) is 0 Å². The van der Waals surface area contributed by atoms with Crippen LogP contribution in [0.15, 0.2) is 42.5 Å². The third-order valence-corrected chi connectivity index (χ3v) is 3.10. The Labute approximate surface area is 118 Å². The van der Waals surface area contributed by atoms with E-state index in [1.807, 2.05) is 31.2 Å². The Kier molecular flexibility index (Phi) is 4.38. The van der Waals surface area contributed by atoms with Gasteiger partial charge in [0, 0.05) is 29.6 Å². The summed E-state index contributed by atoms with van der Waals surface area (Å²) >= 11 is 0. The molecular formula is C16H18N2O2. The molecule has 0 radical (unpaired) electrons. The molecule has 0 atom stereocenters. The summed E-state index contributed by atoms with van der Waals surface area (Å²) in [6.45, 7) is 2.34. The summed E-state index contributed by atoms with van der Waals surface area (Å²) in [6, 6.07) is 12.8. The predicted molar refractivity (Wildman–Crippen MR) is 80.7 cm³/mol. The zero-order valence-corrected chi connectivity index (χ0v) is 11.6. The lowest BCUT2D eigenvalue weighted by atomic mass is 10.1. The fourth-order valence-electron chi connectivity index (χ4n) is 1.94. The minimum absolute atomic E-state index is 0.156. The van der Waals surface area contributed by atoms with Gasteiger partial charge in [-0.3, -0.25) is 4.79 Å². The highest BCUT2D eigenvalue weighted by Gasteiger charge is 2.09. The first-order valence-electron chi connectivity index (χ1n) is 6.36. The summed E-state index contributed by atoms with van der Waals surface area (Å²) in [5.74, 6) is -0.156. The molecule has 0 aliphatic carbocycles. The molecule has 0 bridgehead atoms. The maximum absolute atomic E-state index is 12.2. The number of nitrogens with one attached hydrogen (secondary N) is 1. The zero-order valence-electron chi connectivity index (χ0n) is 11.6. The number of carbonyl (C=O) groups excluding carboxylic acids is 1. The molecule has 3 N–H and O–H groups in total. The van der Waals surface area contributed by atoms with Gasteiger partial charge in [0.25, 0.3) is 5.91 Å². The molecule has 0 aromatic heterocycles. The van der Waals surface area contributed by atoms with Gasteiger partial charge in [0.05, 0.1) is 6.61 Å². The highest BCUT2D eigenvalue weighted by molar-refractivity contribution is 6.05. The van der Waals surface area contributed by atoms with Crippen LogP contribution in [0.2, 0.25) is 0 Å². The molecule has 1 amide bonds. The molecule has 2 rings (SSSR count). The molecule has 4 heteroatoms. The summed E-state index contributed by atoms with van der Waals surface area (Å²) < 4.78 is 5.07. The molecule has 0 saturated carbocycles. The summed E-state index contributed by atoms with van der Waals surface area (Å²) in [5, 5.41) is 2.89. The first kappa shape index (κ1) is 14.1. The lowest BCUT2D eigenvalue weighted by Crippen LogP contribution is -2.13. The lowest BCUT2D eigenvalue weighted by molar-refractivity contribution is 0.102. The molecule has 0 spiro atoms. The number of nitrogen functional groups attached to an aromatic ring is 1. The molecule has 4 nitrogen and oxygen atoms in total. The van der Waals surface area contributed by atoms with E-state index in [0.29, 0.717) is 17.9 Å². The van der Waals surface area contributed by atoms with Crippen molar-refractivity contribution in [1.82, 2.24) is 0 Å². The number of rotatable bonds is 4. The number of para-hydroxylation sites is 1. The van der Waals surface area contributed by atoms with Gasteiger partial charge in [-0.05, 0) is 36.8 Å². The quantitative estimate of drug-likeness (QED) is 0.839. The van der Waals surface area contributed by atoms with Crippen LogP contribution < -0.4 is 11.1 Å². The molecule has 2 aromatic rings. The number of benzene rings is 2. The fourth-order valence-corrected chi connectivity index (χ4v) is 1.94. The molecular weight excluding hydrogens is 252 g/mol. The average Bonchev–Trinajstić information content (AvgIpc) is 2.44. The normalized spacial score (nSPS) is 10.3. The highest BCUT2D eigenvalue weighted by Crippen LogP contribution is 2.18. The Balaban J connectivity index is 2.21. The van der Waals surface area contributed by atoms with Crippen LogP contribution in [0, 0.1) is 6.92 Å². The summed E-state index contributed by atoms with van der Waals surface area (Å²) in [5.41, 5.74) is 9.67. The average molecular weight is 270 g/mol. The minimum Gasteiger partial charge on any atom is -0.398 e. The molecule has 0 aliphatic heterocycles. The molecule has 0 heterocycles. The maximum atomic E-state index is 12.2. The van der Waals surface area contributed by atoms with Crippen LogP contribution in [0.5, 0.6) is 0 Å². The first-order valence-corrected chi connectivity index (χ1v) is 6.36. The van der Waals surface area contributed by atoms with E-state index < -0.39 is 0 Å². The van der Waals surface area contributed by atoms with Gasteiger partial charge in [0.1, 0.15) is 0 Å². The Hall–Kier alpha value is -2.33. The molecule has 0 saturated heterocycles. The monoisotopic (exact) mass is 270 g/mol. The number of ether oxygens (including phenoxy) is 1. The second kappa shape index (κ2) is 6.21. The van der Waals surface area contributed by atoms with Gasteiger partial charge in [0.15, 0.2) is 0 Å². The molecule has 0 aliphatic rings. The van der Waals surface area contributed by atoms with E-state index in [1.54, 1.807) is 25.3 Å². The van der Waals surface area contributed by atoms with E-state index >= 15 is 0 Å². The van der Waals surface area contributed by atoms with Crippen LogP contribution in [0.1, 0.15) is 21.5 Å². The van der Waals surface area contributed by atoms with Crippen molar-refractivity contribution in [3.8, 4) is 0 Å². The van der Waals surface area contributed by atoms with E-state index in [4.69, 9.17) is 10.5 Å². The predicted octanol–water partition coefficient (Wildman–Crippen LogP) is 2.98. The second-order valence-corrected chi connectivity index (χ2v) is 4.62. The van der Waals surface area contributed by atoms with E-state index in [0.717, 1.165) is 16.8 Å². The number of amides is 1. The Morgan fingerprint density at radius 2 is 2.00 bits per heavy atom. The largest absolute Gasteiger partial charge is 0.398 e. The molecule has 2 aromatic carbocycles. The topological polar surface area (TPSA) is 64.3 Å². The third-order valence-electron chi connectivity index (χ3n) is 3.10. The molecule has 20 heavy (non-hydrogen) atoms. The third kappa shape index (κ3) is 3.16. The number of nitrogens with two attached hydrogens (primary N) is 1. The lowest BCUT2D eigenvalue weighted by Gasteiger charge is -2.10. The van der Waals surface area contributed by atoms with Crippen LogP contribution in [0.3, 0.4) is 0 Å². The maximum Gasteiger partial charge on any atom is 0.255 e. The van der Waals surface area contributed by atoms with Crippen LogP contribution >= 0.6 is 0 Å². The number of carbonyl (C=O) groups is 1. The Morgan fingerprint density at radius 1 is 1.25 bits per heavy atom.